The highest BCUT2D eigenvalue weighted by molar-refractivity contribution is 7.89. The molecular formula is C19H35N3O2S. The van der Waals surface area contributed by atoms with Gasteiger partial charge in [0, 0.05) is 18.3 Å². The van der Waals surface area contributed by atoms with Gasteiger partial charge in [0.15, 0.2) is 0 Å². The summed E-state index contributed by atoms with van der Waals surface area (Å²) in [6.07, 6.45) is 14.7. The van der Waals surface area contributed by atoms with E-state index in [9.17, 15) is 8.42 Å². The molecular weight excluding hydrogens is 334 g/mol. The Morgan fingerprint density at radius 1 is 1.00 bits per heavy atom. The normalized spacial score (nSPS) is 19.5. The largest absolute Gasteiger partial charge is 0.269 e. The Hall–Kier alpha value is -0.880. The van der Waals surface area contributed by atoms with Crippen LogP contribution in [-0.2, 0) is 10.0 Å². The van der Waals surface area contributed by atoms with Gasteiger partial charge in [-0.15, -0.1) is 0 Å². The van der Waals surface area contributed by atoms with Crippen molar-refractivity contribution in [3.63, 3.8) is 0 Å². The standard InChI is InChI=1S/C19H35N3O2S/c1-16(2)22-15-19(17(3)20-22)25(23,24)21-18-13-11-9-7-5-4-6-8-10-12-14-18/h15-16,18,21H,4-14H2,1-3H3. The van der Waals surface area contributed by atoms with Gasteiger partial charge in [0.2, 0.25) is 10.0 Å². The van der Waals surface area contributed by atoms with E-state index >= 15 is 0 Å². The van der Waals surface area contributed by atoms with Crippen molar-refractivity contribution in [1.29, 1.82) is 0 Å². The van der Waals surface area contributed by atoms with Gasteiger partial charge in [-0.1, -0.05) is 57.8 Å². The molecule has 0 atom stereocenters. The van der Waals surface area contributed by atoms with Crippen LogP contribution in [-0.4, -0.2) is 24.2 Å². The first-order valence-electron chi connectivity index (χ1n) is 9.98. The third-order valence-electron chi connectivity index (χ3n) is 5.12. The van der Waals surface area contributed by atoms with E-state index < -0.39 is 10.0 Å². The molecule has 6 heteroatoms. The molecule has 0 amide bonds. The molecule has 1 aliphatic carbocycles. The maximum absolute atomic E-state index is 12.9. The SMILES string of the molecule is Cc1nn(C(C)C)cc1S(=O)(=O)NC1CCCCCCCCCCC1. The van der Waals surface area contributed by atoms with E-state index in [1.807, 2.05) is 13.8 Å². The molecule has 0 bridgehead atoms. The van der Waals surface area contributed by atoms with Gasteiger partial charge in [-0.2, -0.15) is 5.10 Å². The monoisotopic (exact) mass is 369 g/mol. The topological polar surface area (TPSA) is 64.0 Å². The zero-order valence-electron chi connectivity index (χ0n) is 16.1. The average Bonchev–Trinajstić information content (AvgIpc) is 2.93. The predicted octanol–water partition coefficient (Wildman–Crippen LogP) is 4.72. The van der Waals surface area contributed by atoms with Crippen molar-refractivity contribution in [2.45, 2.75) is 108 Å². The molecule has 1 saturated carbocycles. The van der Waals surface area contributed by atoms with Crippen LogP contribution in [0, 0.1) is 6.92 Å². The Labute approximate surface area is 153 Å². The summed E-state index contributed by atoms with van der Waals surface area (Å²) in [6, 6.07) is 0.204. The van der Waals surface area contributed by atoms with Gasteiger partial charge in [0.1, 0.15) is 4.90 Å². The third-order valence-corrected chi connectivity index (χ3v) is 6.74. The maximum atomic E-state index is 12.9. The first-order valence-corrected chi connectivity index (χ1v) is 11.5. The number of aromatic nitrogens is 2. The Morgan fingerprint density at radius 3 is 1.92 bits per heavy atom. The molecule has 1 heterocycles. The molecule has 0 radical (unpaired) electrons. The first-order chi connectivity index (χ1) is 11.9. The summed E-state index contributed by atoms with van der Waals surface area (Å²) in [4.78, 5) is 0.326. The zero-order chi connectivity index (χ0) is 18.3. The fourth-order valence-electron chi connectivity index (χ4n) is 3.56. The van der Waals surface area contributed by atoms with E-state index in [1.165, 1.54) is 44.9 Å². The van der Waals surface area contributed by atoms with E-state index in [4.69, 9.17) is 0 Å². The smallest absolute Gasteiger partial charge is 0.244 e. The maximum Gasteiger partial charge on any atom is 0.244 e. The van der Waals surface area contributed by atoms with E-state index in [-0.39, 0.29) is 12.1 Å². The molecule has 5 nitrogen and oxygen atoms in total. The van der Waals surface area contributed by atoms with Gasteiger partial charge >= 0.3 is 0 Å². The van der Waals surface area contributed by atoms with Gasteiger partial charge in [-0.25, -0.2) is 13.1 Å². The highest BCUT2D eigenvalue weighted by Gasteiger charge is 2.24. The van der Waals surface area contributed by atoms with E-state index in [0.29, 0.717) is 10.6 Å². The zero-order valence-corrected chi connectivity index (χ0v) is 16.9. The molecule has 1 N–H and O–H groups in total. The minimum Gasteiger partial charge on any atom is -0.269 e. The van der Waals surface area contributed by atoms with Crippen LogP contribution in [0.5, 0.6) is 0 Å². The third kappa shape index (κ3) is 6.41. The van der Waals surface area contributed by atoms with E-state index in [2.05, 4.69) is 9.82 Å². The summed E-state index contributed by atoms with van der Waals surface area (Å²) in [5.41, 5.74) is 0.578. The fraction of sp³-hybridized carbons (Fsp3) is 0.842. The number of sulfonamides is 1. The minimum atomic E-state index is -3.50. The van der Waals surface area contributed by atoms with Crippen molar-refractivity contribution >= 4 is 10.0 Å². The molecule has 1 aromatic rings. The molecule has 2 rings (SSSR count). The van der Waals surface area contributed by atoms with Crippen LogP contribution in [0.3, 0.4) is 0 Å². The lowest BCUT2D eigenvalue weighted by molar-refractivity contribution is 0.439. The molecule has 1 aliphatic rings. The lowest BCUT2D eigenvalue weighted by Gasteiger charge is -2.19. The van der Waals surface area contributed by atoms with Crippen LogP contribution in [0.4, 0.5) is 0 Å². The second kappa shape index (κ2) is 9.72. The van der Waals surface area contributed by atoms with Crippen molar-refractivity contribution in [3.8, 4) is 0 Å². The van der Waals surface area contributed by atoms with Crippen LogP contribution < -0.4 is 4.72 Å². The summed E-state index contributed by atoms with van der Waals surface area (Å²) in [5.74, 6) is 0. The molecule has 144 valence electrons. The van der Waals surface area contributed by atoms with Gasteiger partial charge in [0.05, 0.1) is 5.69 Å². The van der Waals surface area contributed by atoms with Crippen LogP contribution >= 0.6 is 0 Å². The summed E-state index contributed by atoms with van der Waals surface area (Å²) < 4.78 is 30.4. The highest BCUT2D eigenvalue weighted by atomic mass is 32.2. The minimum absolute atomic E-state index is 0.0474. The second-order valence-corrected chi connectivity index (χ2v) is 9.41. The number of nitrogens with zero attached hydrogens (tertiary/aromatic N) is 2. The van der Waals surface area contributed by atoms with Crippen LogP contribution in [0.1, 0.15) is 96.2 Å². The fourth-order valence-corrected chi connectivity index (χ4v) is 5.04. The highest BCUT2D eigenvalue weighted by Crippen LogP contribution is 2.21. The van der Waals surface area contributed by atoms with Gasteiger partial charge in [-0.3, -0.25) is 4.68 Å². The van der Waals surface area contributed by atoms with Crippen LogP contribution in [0.25, 0.3) is 0 Å². The molecule has 25 heavy (non-hydrogen) atoms. The Balaban J connectivity index is 2.04. The molecule has 1 fully saturated rings. The summed E-state index contributed by atoms with van der Waals surface area (Å²) >= 11 is 0. The van der Waals surface area contributed by atoms with Crippen LogP contribution in [0.2, 0.25) is 0 Å². The second-order valence-electron chi connectivity index (χ2n) is 7.73. The Kier molecular flexibility index (Phi) is 7.94. The number of nitrogens with one attached hydrogen (secondary N) is 1. The lowest BCUT2D eigenvalue weighted by Crippen LogP contribution is -2.35. The molecule has 1 aromatic heterocycles. The van der Waals surface area contributed by atoms with Crippen molar-refractivity contribution in [2.75, 3.05) is 0 Å². The van der Waals surface area contributed by atoms with Crippen molar-refractivity contribution in [1.82, 2.24) is 14.5 Å². The first kappa shape index (κ1) is 20.4. The molecule has 0 saturated heterocycles. The van der Waals surface area contributed by atoms with Gasteiger partial charge in [0.25, 0.3) is 0 Å². The summed E-state index contributed by atoms with van der Waals surface area (Å²) in [6.45, 7) is 5.78. The van der Waals surface area contributed by atoms with Crippen molar-refractivity contribution < 1.29 is 8.42 Å². The summed E-state index contributed by atoms with van der Waals surface area (Å²) in [5, 5.41) is 4.35. The van der Waals surface area contributed by atoms with E-state index in [1.54, 1.807) is 17.8 Å². The van der Waals surface area contributed by atoms with Gasteiger partial charge in [-0.05, 0) is 33.6 Å². The van der Waals surface area contributed by atoms with Crippen LogP contribution in [0.15, 0.2) is 11.1 Å². The number of rotatable bonds is 4. The lowest BCUT2D eigenvalue weighted by atomic mass is 9.98. The van der Waals surface area contributed by atoms with E-state index in [0.717, 1.165) is 25.7 Å². The molecule has 0 aromatic carbocycles. The number of hydrogen-bond acceptors (Lipinski definition) is 3. The average molecular weight is 370 g/mol. The summed E-state index contributed by atoms with van der Waals surface area (Å²) in [7, 11) is -3.50. The molecule has 0 aliphatic heterocycles. The molecule has 0 unspecified atom stereocenters. The quantitative estimate of drug-likeness (QED) is 0.835. The predicted molar refractivity (Wildman–Crippen MR) is 102 cm³/mol. The Bertz CT molecular complexity index is 611. The van der Waals surface area contributed by atoms with Crippen molar-refractivity contribution in [3.05, 3.63) is 11.9 Å². The number of aryl methyl sites for hydroxylation is 1. The number of hydrogen-bond donors (Lipinski definition) is 1. The Morgan fingerprint density at radius 2 is 1.48 bits per heavy atom. The molecule has 0 spiro atoms. The van der Waals surface area contributed by atoms with Crippen molar-refractivity contribution in [2.24, 2.45) is 0 Å². The van der Waals surface area contributed by atoms with Gasteiger partial charge < -0.3 is 0 Å².